The van der Waals surface area contributed by atoms with E-state index in [4.69, 9.17) is 11.6 Å². The lowest BCUT2D eigenvalue weighted by molar-refractivity contribution is 0.142. The first-order valence-corrected chi connectivity index (χ1v) is 9.22. The molecule has 19 heavy (non-hydrogen) atoms. The third-order valence-corrected chi connectivity index (χ3v) is 4.71. The summed E-state index contributed by atoms with van der Waals surface area (Å²) in [7, 11) is 0. The van der Waals surface area contributed by atoms with Crippen LogP contribution in [0.3, 0.4) is 0 Å². The zero-order valence-corrected chi connectivity index (χ0v) is 13.8. The number of alkyl halides is 1. The number of hydrogen-bond donors (Lipinski definition) is 0. The minimum absolute atomic E-state index is 0.788. The van der Waals surface area contributed by atoms with Gasteiger partial charge in [-0.15, -0.1) is 11.6 Å². The summed E-state index contributed by atoms with van der Waals surface area (Å²) in [6.45, 7) is 4.92. The van der Waals surface area contributed by atoms with E-state index in [9.17, 15) is 0 Å². The lowest BCUT2D eigenvalue weighted by Gasteiger charge is -2.35. The fourth-order valence-electron chi connectivity index (χ4n) is 3.26. The maximum Gasteiger partial charge on any atom is 0.0238 e. The van der Waals surface area contributed by atoms with Crippen LogP contribution in [0.15, 0.2) is 0 Å². The van der Waals surface area contributed by atoms with Crippen molar-refractivity contribution in [1.29, 1.82) is 0 Å². The Morgan fingerprint density at radius 1 is 0.947 bits per heavy atom. The molecule has 0 radical (unpaired) electrons. The van der Waals surface area contributed by atoms with Gasteiger partial charge in [0.05, 0.1) is 0 Å². The van der Waals surface area contributed by atoms with Gasteiger partial charge in [-0.1, -0.05) is 58.3 Å². The van der Waals surface area contributed by atoms with Gasteiger partial charge in [0.2, 0.25) is 0 Å². The van der Waals surface area contributed by atoms with Crippen molar-refractivity contribution < 1.29 is 0 Å². The molecule has 1 aliphatic rings. The Kier molecular flexibility index (Phi) is 11.0. The first kappa shape index (κ1) is 17.3. The van der Waals surface area contributed by atoms with Crippen LogP contribution in [0.1, 0.15) is 84.0 Å². The second-order valence-corrected chi connectivity index (χ2v) is 6.52. The fourth-order valence-corrected chi connectivity index (χ4v) is 3.51. The molecule has 1 fully saturated rings. The van der Waals surface area contributed by atoms with E-state index < -0.39 is 0 Å². The Hall–Kier alpha value is 0.250. The van der Waals surface area contributed by atoms with E-state index in [1.54, 1.807) is 0 Å². The SMILES string of the molecule is CCCCCCCCCCN1CCCCC1CCCl. The van der Waals surface area contributed by atoms with E-state index in [2.05, 4.69) is 11.8 Å². The van der Waals surface area contributed by atoms with Crippen LogP contribution in [0.2, 0.25) is 0 Å². The van der Waals surface area contributed by atoms with Crippen LogP contribution in [0, 0.1) is 0 Å². The van der Waals surface area contributed by atoms with E-state index in [-0.39, 0.29) is 0 Å². The van der Waals surface area contributed by atoms with Crippen molar-refractivity contribution in [1.82, 2.24) is 4.90 Å². The minimum atomic E-state index is 0.788. The Morgan fingerprint density at radius 2 is 1.63 bits per heavy atom. The molecule has 0 aliphatic carbocycles. The predicted molar refractivity (Wildman–Crippen MR) is 87.2 cm³/mol. The molecule has 0 saturated carbocycles. The largest absolute Gasteiger partial charge is 0.300 e. The zero-order valence-electron chi connectivity index (χ0n) is 13.0. The highest BCUT2D eigenvalue weighted by Gasteiger charge is 2.20. The molecule has 1 rings (SSSR count). The van der Waals surface area contributed by atoms with E-state index in [0.717, 1.165) is 11.9 Å². The summed E-state index contributed by atoms with van der Waals surface area (Å²) in [5.74, 6) is 0.832. The molecule has 0 aromatic rings. The van der Waals surface area contributed by atoms with Crippen LogP contribution in [-0.4, -0.2) is 29.9 Å². The van der Waals surface area contributed by atoms with Gasteiger partial charge in [-0.25, -0.2) is 0 Å². The van der Waals surface area contributed by atoms with Gasteiger partial charge < -0.3 is 4.90 Å². The van der Waals surface area contributed by atoms with Crippen molar-refractivity contribution in [3.05, 3.63) is 0 Å². The summed E-state index contributed by atoms with van der Waals surface area (Å²) in [6, 6.07) is 0.788. The van der Waals surface area contributed by atoms with Gasteiger partial charge >= 0.3 is 0 Å². The Morgan fingerprint density at radius 3 is 2.32 bits per heavy atom. The van der Waals surface area contributed by atoms with Crippen molar-refractivity contribution in [2.24, 2.45) is 0 Å². The quantitative estimate of drug-likeness (QED) is 0.353. The number of unbranched alkanes of at least 4 members (excludes halogenated alkanes) is 7. The average Bonchev–Trinajstić information content (AvgIpc) is 2.44. The first-order valence-electron chi connectivity index (χ1n) is 8.68. The summed E-state index contributed by atoms with van der Waals surface area (Å²) < 4.78 is 0. The monoisotopic (exact) mass is 287 g/mol. The molecule has 0 amide bonds. The van der Waals surface area contributed by atoms with Gasteiger partial charge in [0.15, 0.2) is 0 Å². The van der Waals surface area contributed by atoms with Crippen molar-refractivity contribution in [2.45, 2.75) is 90.0 Å². The number of hydrogen-bond acceptors (Lipinski definition) is 1. The molecule has 1 saturated heterocycles. The maximum absolute atomic E-state index is 5.92. The van der Waals surface area contributed by atoms with Gasteiger partial charge in [0.25, 0.3) is 0 Å². The lowest BCUT2D eigenvalue weighted by atomic mass is 9.99. The molecule has 1 heterocycles. The number of likely N-dealkylation sites (tertiary alicyclic amines) is 1. The van der Waals surface area contributed by atoms with Crippen molar-refractivity contribution >= 4 is 11.6 Å². The minimum Gasteiger partial charge on any atom is -0.300 e. The molecule has 0 aromatic carbocycles. The van der Waals surface area contributed by atoms with Crippen molar-refractivity contribution in [3.8, 4) is 0 Å². The number of nitrogens with zero attached hydrogens (tertiary/aromatic N) is 1. The Balaban J connectivity index is 1.97. The topological polar surface area (TPSA) is 3.24 Å². The van der Waals surface area contributed by atoms with Crippen LogP contribution < -0.4 is 0 Å². The molecule has 0 spiro atoms. The summed E-state index contributed by atoms with van der Waals surface area (Å²) in [5.41, 5.74) is 0. The highest BCUT2D eigenvalue weighted by Crippen LogP contribution is 2.21. The van der Waals surface area contributed by atoms with Crippen molar-refractivity contribution in [2.75, 3.05) is 19.0 Å². The van der Waals surface area contributed by atoms with Crippen molar-refractivity contribution in [3.63, 3.8) is 0 Å². The first-order chi connectivity index (χ1) is 9.38. The normalized spacial score (nSPS) is 20.8. The molecule has 1 nitrogen and oxygen atoms in total. The third-order valence-electron chi connectivity index (χ3n) is 4.49. The molecule has 2 heteroatoms. The zero-order chi connectivity index (χ0) is 13.8. The molecular weight excluding hydrogens is 254 g/mol. The average molecular weight is 288 g/mol. The molecular formula is C17H34ClN. The highest BCUT2D eigenvalue weighted by atomic mass is 35.5. The number of piperidine rings is 1. The molecule has 1 atom stereocenters. The molecule has 0 N–H and O–H groups in total. The maximum atomic E-state index is 5.92. The van der Waals surface area contributed by atoms with Crippen LogP contribution >= 0.6 is 11.6 Å². The number of rotatable bonds is 11. The molecule has 0 aromatic heterocycles. The number of halogens is 1. The predicted octanol–water partition coefficient (Wildman–Crippen LogP) is 5.61. The van der Waals surface area contributed by atoms with Gasteiger partial charge in [-0.3, -0.25) is 0 Å². The molecule has 1 aliphatic heterocycles. The van der Waals surface area contributed by atoms with E-state index >= 15 is 0 Å². The smallest absolute Gasteiger partial charge is 0.0238 e. The molecule has 114 valence electrons. The van der Waals surface area contributed by atoms with Gasteiger partial charge in [-0.2, -0.15) is 0 Å². The third kappa shape index (κ3) is 8.19. The second-order valence-electron chi connectivity index (χ2n) is 6.14. The van der Waals surface area contributed by atoms with Gasteiger partial charge in [-0.05, 0) is 38.8 Å². The summed E-state index contributed by atoms with van der Waals surface area (Å²) in [4.78, 5) is 2.71. The van der Waals surface area contributed by atoms with E-state index in [0.29, 0.717) is 0 Å². The summed E-state index contributed by atoms with van der Waals surface area (Å²) in [6.07, 6.45) is 16.8. The van der Waals surface area contributed by atoms with Crippen LogP contribution in [-0.2, 0) is 0 Å². The Bertz CT molecular complexity index is 194. The van der Waals surface area contributed by atoms with Gasteiger partial charge in [0.1, 0.15) is 0 Å². The molecule has 0 bridgehead atoms. The van der Waals surface area contributed by atoms with E-state index in [1.807, 2.05) is 0 Å². The summed E-state index contributed by atoms with van der Waals surface area (Å²) in [5, 5.41) is 0. The second kappa shape index (κ2) is 12.0. The molecule has 1 unspecified atom stereocenters. The Labute approximate surface area is 126 Å². The van der Waals surface area contributed by atoms with E-state index in [1.165, 1.54) is 90.1 Å². The highest BCUT2D eigenvalue weighted by molar-refractivity contribution is 6.17. The fraction of sp³-hybridized carbons (Fsp3) is 1.00. The van der Waals surface area contributed by atoms with Crippen LogP contribution in [0.4, 0.5) is 0 Å². The van der Waals surface area contributed by atoms with Gasteiger partial charge in [0, 0.05) is 11.9 Å². The lowest BCUT2D eigenvalue weighted by Crippen LogP contribution is -2.40. The standard InChI is InChI=1S/C17H34ClN/c1-2-3-4-5-6-7-8-10-15-19-16-11-9-12-17(19)13-14-18/h17H,2-16H2,1H3. The summed E-state index contributed by atoms with van der Waals surface area (Å²) >= 11 is 5.92. The van der Waals surface area contributed by atoms with Crippen LogP contribution in [0.5, 0.6) is 0 Å². The van der Waals surface area contributed by atoms with Crippen LogP contribution in [0.25, 0.3) is 0 Å².